The van der Waals surface area contributed by atoms with Gasteiger partial charge in [0.2, 0.25) is 5.91 Å². The summed E-state index contributed by atoms with van der Waals surface area (Å²) < 4.78 is 30.9. The van der Waals surface area contributed by atoms with Crippen LogP contribution in [0.4, 0.5) is 0 Å². The third kappa shape index (κ3) is 69.5. The van der Waals surface area contributed by atoms with Gasteiger partial charge in [0, 0.05) is 12.8 Å². The molecule has 2 N–H and O–H groups in total. The van der Waals surface area contributed by atoms with Crippen molar-refractivity contribution in [1.82, 2.24) is 5.32 Å². The monoisotopic (exact) mass is 1280 g/mol. The molecule has 0 saturated heterocycles. The number of hydrogen-bond donors (Lipinski definition) is 2. The standard InChI is InChI=1S/C80H147N2O7P/c1-7-10-13-16-19-22-25-28-30-32-34-36-38-40-41-43-44-46-48-50-52-54-57-60-63-66-69-72-79(83)81-77(76-88-90(85,86)87-75-74-82(4,5)6)78(71-68-65-62-59-56-27-24-21-18-15-12-9-3)89-80(84)73-70-67-64-61-58-55-53-51-49-47-45-42-39-37-35-33-31-29-26-23-20-17-14-11-8-2/h11,14,20,23,29,31,35,37,42,45,49,51,68,71,77-78H,7-10,12-13,15-19,21-22,24-28,30,32-34,36,38-41,43-44,46-48,50,52-67,69-70,72-76H2,1-6H3,(H-,81,83,85,86)/p+1/b14-11-,23-20-,31-29-,37-35-,45-42-,51-49-,71-68+. The van der Waals surface area contributed by atoms with Gasteiger partial charge in [-0.1, -0.05) is 350 Å². The van der Waals surface area contributed by atoms with Gasteiger partial charge in [-0.15, -0.1) is 0 Å². The molecular weight excluding hydrogens is 1130 g/mol. The van der Waals surface area contributed by atoms with Gasteiger partial charge in [-0.2, -0.15) is 0 Å². The highest BCUT2D eigenvalue weighted by molar-refractivity contribution is 7.47. The molecule has 10 heteroatoms. The Kier molecular flexibility index (Phi) is 66.9. The number of carbonyl (C=O) groups excluding carboxylic acids is 2. The summed E-state index contributed by atoms with van der Waals surface area (Å²) in [5, 5.41) is 3.08. The number of hydrogen-bond acceptors (Lipinski definition) is 6. The minimum Gasteiger partial charge on any atom is -0.456 e. The van der Waals surface area contributed by atoms with Gasteiger partial charge in [0.15, 0.2) is 0 Å². The lowest BCUT2D eigenvalue weighted by Gasteiger charge is -2.27. The predicted molar refractivity (Wildman–Crippen MR) is 392 cm³/mol. The Morgan fingerprint density at radius 2 is 0.711 bits per heavy atom. The zero-order valence-electron chi connectivity index (χ0n) is 60.1. The van der Waals surface area contributed by atoms with Crippen molar-refractivity contribution in [1.29, 1.82) is 0 Å². The predicted octanol–water partition coefficient (Wildman–Crippen LogP) is 24.9. The molecule has 0 spiro atoms. The Morgan fingerprint density at radius 1 is 0.400 bits per heavy atom. The van der Waals surface area contributed by atoms with E-state index >= 15 is 0 Å². The molecule has 90 heavy (non-hydrogen) atoms. The number of carbonyl (C=O) groups is 2. The van der Waals surface area contributed by atoms with Crippen molar-refractivity contribution in [2.45, 2.75) is 373 Å². The normalized spacial score (nSPS) is 13.9. The summed E-state index contributed by atoms with van der Waals surface area (Å²) in [6.07, 6.45) is 93.3. The van der Waals surface area contributed by atoms with Crippen LogP contribution < -0.4 is 5.32 Å². The average molecular weight is 1280 g/mol. The highest BCUT2D eigenvalue weighted by atomic mass is 31.2. The number of amides is 1. The van der Waals surface area contributed by atoms with Crippen LogP contribution in [-0.4, -0.2) is 74.3 Å². The Morgan fingerprint density at radius 3 is 1.07 bits per heavy atom. The Balaban J connectivity index is 4.99. The van der Waals surface area contributed by atoms with E-state index in [1.54, 1.807) is 0 Å². The van der Waals surface area contributed by atoms with Crippen molar-refractivity contribution in [3.8, 4) is 0 Å². The largest absolute Gasteiger partial charge is 0.472 e. The minimum absolute atomic E-state index is 0.0363. The number of likely N-dealkylation sites (N-methyl/N-ethyl adjacent to an activating group) is 1. The number of ether oxygens (including phenoxy) is 1. The van der Waals surface area contributed by atoms with E-state index in [0.29, 0.717) is 17.4 Å². The van der Waals surface area contributed by atoms with Crippen LogP contribution in [0.5, 0.6) is 0 Å². The quantitative estimate of drug-likeness (QED) is 0.0205. The number of rotatable bonds is 70. The topological polar surface area (TPSA) is 111 Å². The maximum Gasteiger partial charge on any atom is 0.472 e. The van der Waals surface area contributed by atoms with Gasteiger partial charge >= 0.3 is 13.8 Å². The molecule has 0 radical (unpaired) electrons. The van der Waals surface area contributed by atoms with E-state index in [4.69, 9.17) is 13.8 Å². The second-order valence-corrected chi connectivity index (χ2v) is 28.6. The molecule has 9 nitrogen and oxygen atoms in total. The fourth-order valence-corrected chi connectivity index (χ4v) is 12.0. The number of phosphoric ester groups is 1. The molecule has 524 valence electrons. The van der Waals surface area contributed by atoms with Crippen molar-refractivity contribution in [2.75, 3.05) is 40.9 Å². The van der Waals surface area contributed by atoms with Crippen molar-refractivity contribution < 1.29 is 37.3 Å². The first-order valence-corrected chi connectivity index (χ1v) is 39.9. The molecule has 0 aliphatic heterocycles. The van der Waals surface area contributed by atoms with Gasteiger partial charge in [0.25, 0.3) is 0 Å². The van der Waals surface area contributed by atoms with Gasteiger partial charge in [-0.25, -0.2) is 4.57 Å². The molecule has 1 amide bonds. The second kappa shape index (κ2) is 69.0. The fourth-order valence-electron chi connectivity index (χ4n) is 11.2. The van der Waals surface area contributed by atoms with Gasteiger partial charge < -0.3 is 19.4 Å². The average Bonchev–Trinajstić information content (AvgIpc) is 3.11. The first-order valence-electron chi connectivity index (χ1n) is 38.4. The van der Waals surface area contributed by atoms with E-state index in [9.17, 15) is 19.0 Å². The molecule has 0 aliphatic carbocycles. The highest BCUT2D eigenvalue weighted by Gasteiger charge is 2.30. The fraction of sp³-hybridized carbons (Fsp3) is 0.800. The Bertz CT molecular complexity index is 1810. The molecule has 0 bridgehead atoms. The van der Waals surface area contributed by atoms with E-state index < -0.39 is 20.0 Å². The number of esters is 1. The summed E-state index contributed by atoms with van der Waals surface area (Å²) in [5.74, 6) is -0.510. The van der Waals surface area contributed by atoms with Crippen molar-refractivity contribution >= 4 is 19.7 Å². The van der Waals surface area contributed by atoms with Gasteiger partial charge in [0.1, 0.15) is 19.3 Å². The number of nitrogens with one attached hydrogen (secondary N) is 1. The molecule has 0 heterocycles. The van der Waals surface area contributed by atoms with Gasteiger partial charge in [0.05, 0.1) is 33.8 Å². The molecule has 0 fully saturated rings. The Hall–Kier alpha value is -2.81. The summed E-state index contributed by atoms with van der Waals surface area (Å²) in [6.45, 7) is 6.94. The molecule has 0 aliphatic rings. The third-order valence-corrected chi connectivity index (χ3v) is 18.1. The van der Waals surface area contributed by atoms with Crippen molar-refractivity contribution in [3.05, 3.63) is 85.1 Å². The second-order valence-electron chi connectivity index (χ2n) is 27.2. The molecule has 3 atom stereocenters. The zero-order valence-corrected chi connectivity index (χ0v) is 61.0. The van der Waals surface area contributed by atoms with Crippen LogP contribution in [0.3, 0.4) is 0 Å². The molecular formula is C80H148N2O7P+. The SMILES string of the molecule is CC/C=C\C/C=C\C/C=C\C/C=C\C/C=C\C/C=C\CCCCCCCCC(=O)OC(/C=C/CCCCCCCCCCCC)C(COP(=O)(O)OCC[N+](C)(C)C)NC(=O)CCCCCCCCCCCCCCCCCCCCCCCCCCCCC. The summed E-state index contributed by atoms with van der Waals surface area (Å²) in [5.41, 5.74) is 0. The number of quaternary nitrogens is 1. The van der Waals surface area contributed by atoms with Crippen LogP contribution in [0.15, 0.2) is 85.1 Å². The van der Waals surface area contributed by atoms with Crippen LogP contribution in [0, 0.1) is 0 Å². The third-order valence-electron chi connectivity index (χ3n) is 17.1. The van der Waals surface area contributed by atoms with Gasteiger partial charge in [-0.3, -0.25) is 18.6 Å². The van der Waals surface area contributed by atoms with E-state index in [1.807, 2.05) is 33.3 Å². The first kappa shape index (κ1) is 87.2. The first-order chi connectivity index (χ1) is 43.9. The smallest absolute Gasteiger partial charge is 0.456 e. The summed E-state index contributed by atoms with van der Waals surface area (Å²) in [6, 6.07) is -0.858. The maximum atomic E-state index is 13.7. The Labute approximate surface area is 558 Å². The summed E-state index contributed by atoms with van der Waals surface area (Å²) >= 11 is 0. The lowest BCUT2D eigenvalue weighted by molar-refractivity contribution is -0.870. The molecule has 3 unspecified atom stereocenters. The van der Waals surface area contributed by atoms with E-state index in [0.717, 1.165) is 122 Å². The lowest BCUT2D eigenvalue weighted by atomic mass is 10.0. The molecule has 0 rings (SSSR count). The molecule has 0 saturated carbocycles. The van der Waals surface area contributed by atoms with Crippen LogP contribution in [0.25, 0.3) is 0 Å². The van der Waals surface area contributed by atoms with Crippen molar-refractivity contribution in [3.63, 3.8) is 0 Å². The number of unbranched alkanes of at least 4 members (excludes halogenated alkanes) is 42. The number of nitrogens with zero attached hydrogens (tertiary/aromatic N) is 1. The van der Waals surface area contributed by atoms with E-state index in [2.05, 4.69) is 99.0 Å². The van der Waals surface area contributed by atoms with Crippen LogP contribution in [-0.2, 0) is 27.9 Å². The molecule has 0 aromatic rings. The van der Waals surface area contributed by atoms with E-state index in [-0.39, 0.29) is 31.5 Å². The highest BCUT2D eigenvalue weighted by Crippen LogP contribution is 2.43. The zero-order chi connectivity index (χ0) is 65.6. The number of allylic oxidation sites excluding steroid dienone is 13. The van der Waals surface area contributed by atoms with Gasteiger partial charge in [-0.05, 0) is 83.1 Å². The van der Waals surface area contributed by atoms with Crippen LogP contribution in [0.2, 0.25) is 0 Å². The lowest BCUT2D eigenvalue weighted by Crippen LogP contribution is -2.47. The number of phosphoric acid groups is 1. The van der Waals surface area contributed by atoms with Crippen LogP contribution in [0.1, 0.15) is 361 Å². The summed E-state index contributed by atoms with van der Waals surface area (Å²) in [4.78, 5) is 38.0. The summed E-state index contributed by atoms with van der Waals surface area (Å²) in [7, 11) is 1.49. The molecule has 0 aromatic carbocycles. The van der Waals surface area contributed by atoms with E-state index in [1.165, 1.54) is 205 Å². The molecule has 0 aromatic heterocycles. The van der Waals surface area contributed by atoms with Crippen molar-refractivity contribution in [2.24, 2.45) is 0 Å². The van der Waals surface area contributed by atoms with Crippen LogP contribution >= 0.6 is 7.82 Å². The maximum absolute atomic E-state index is 13.7. The minimum atomic E-state index is -4.46.